The van der Waals surface area contributed by atoms with Gasteiger partial charge in [0, 0.05) is 18.8 Å². The molecule has 1 aliphatic rings. The van der Waals surface area contributed by atoms with Crippen LogP contribution in [0, 0.1) is 0 Å². The van der Waals surface area contributed by atoms with Crippen LogP contribution in [-0.2, 0) is 9.59 Å². The van der Waals surface area contributed by atoms with Crippen molar-refractivity contribution in [1.29, 1.82) is 0 Å². The largest absolute Gasteiger partial charge is 0.481 e. The SMILES string of the molecule is CN1C(=O)COc2cc(NC(=O)CCl)ccc21. The van der Waals surface area contributed by atoms with E-state index < -0.39 is 0 Å². The lowest BCUT2D eigenvalue weighted by Crippen LogP contribution is -2.35. The Kier molecular flexibility index (Phi) is 3.19. The van der Waals surface area contributed by atoms with Crippen molar-refractivity contribution in [3.63, 3.8) is 0 Å². The van der Waals surface area contributed by atoms with E-state index in [2.05, 4.69) is 5.32 Å². The molecule has 2 amide bonds. The number of fused-ring (bicyclic) bond motifs is 1. The summed E-state index contributed by atoms with van der Waals surface area (Å²) in [6, 6.07) is 5.08. The van der Waals surface area contributed by atoms with E-state index in [1.165, 1.54) is 4.90 Å². The highest BCUT2D eigenvalue weighted by Crippen LogP contribution is 2.33. The van der Waals surface area contributed by atoms with Crippen molar-refractivity contribution in [3.05, 3.63) is 18.2 Å². The number of alkyl halides is 1. The molecule has 5 nitrogen and oxygen atoms in total. The van der Waals surface area contributed by atoms with Gasteiger partial charge in [0.25, 0.3) is 5.91 Å². The Bertz CT molecular complexity index is 476. The van der Waals surface area contributed by atoms with Crippen molar-refractivity contribution in [1.82, 2.24) is 0 Å². The van der Waals surface area contributed by atoms with Crippen molar-refractivity contribution in [2.75, 3.05) is 29.8 Å². The molecule has 6 heteroatoms. The molecule has 1 aliphatic heterocycles. The van der Waals surface area contributed by atoms with Gasteiger partial charge in [-0.25, -0.2) is 0 Å². The van der Waals surface area contributed by atoms with Crippen molar-refractivity contribution < 1.29 is 14.3 Å². The van der Waals surface area contributed by atoms with Crippen LogP contribution in [0.5, 0.6) is 5.75 Å². The fourth-order valence-electron chi connectivity index (χ4n) is 1.55. The standard InChI is InChI=1S/C11H11ClN2O3/c1-14-8-3-2-7(13-10(15)5-12)4-9(8)17-6-11(14)16/h2-4H,5-6H2,1H3,(H,13,15). The molecule has 0 saturated heterocycles. The normalized spacial score (nSPS) is 14.0. The first-order valence-electron chi connectivity index (χ1n) is 5.01. The van der Waals surface area contributed by atoms with Crippen molar-refractivity contribution in [3.8, 4) is 5.75 Å². The lowest BCUT2D eigenvalue weighted by Gasteiger charge is -2.26. The molecule has 90 valence electrons. The van der Waals surface area contributed by atoms with E-state index in [0.29, 0.717) is 17.1 Å². The van der Waals surface area contributed by atoms with Gasteiger partial charge < -0.3 is 15.0 Å². The van der Waals surface area contributed by atoms with Crippen LogP contribution in [0.25, 0.3) is 0 Å². The summed E-state index contributed by atoms with van der Waals surface area (Å²) in [4.78, 5) is 24.0. The van der Waals surface area contributed by atoms with E-state index in [1.54, 1.807) is 25.2 Å². The molecule has 2 rings (SSSR count). The van der Waals surface area contributed by atoms with Gasteiger partial charge in [0.05, 0.1) is 5.69 Å². The third-order valence-corrected chi connectivity index (χ3v) is 2.69. The molecule has 17 heavy (non-hydrogen) atoms. The van der Waals surface area contributed by atoms with Gasteiger partial charge in [-0.15, -0.1) is 11.6 Å². The van der Waals surface area contributed by atoms with Crippen LogP contribution in [0.1, 0.15) is 0 Å². The second-order valence-corrected chi connectivity index (χ2v) is 3.87. The molecule has 1 N–H and O–H groups in total. The molecule has 0 fully saturated rings. The Morgan fingerprint density at radius 2 is 2.35 bits per heavy atom. The highest BCUT2D eigenvalue weighted by atomic mass is 35.5. The number of nitrogens with zero attached hydrogens (tertiary/aromatic N) is 1. The van der Waals surface area contributed by atoms with Crippen LogP contribution in [0.3, 0.4) is 0 Å². The Morgan fingerprint density at radius 3 is 3.06 bits per heavy atom. The zero-order valence-electron chi connectivity index (χ0n) is 9.20. The summed E-state index contributed by atoms with van der Waals surface area (Å²) in [5.74, 6) is 0.0810. The third kappa shape index (κ3) is 2.34. The summed E-state index contributed by atoms with van der Waals surface area (Å²) in [6.07, 6.45) is 0. The smallest absolute Gasteiger partial charge is 0.264 e. The van der Waals surface area contributed by atoms with Gasteiger partial charge >= 0.3 is 0 Å². The fraction of sp³-hybridized carbons (Fsp3) is 0.273. The minimum Gasteiger partial charge on any atom is -0.481 e. The topological polar surface area (TPSA) is 58.6 Å². The summed E-state index contributed by atoms with van der Waals surface area (Å²) in [5, 5.41) is 2.61. The van der Waals surface area contributed by atoms with E-state index in [1.807, 2.05) is 0 Å². The van der Waals surface area contributed by atoms with Crippen molar-refractivity contribution in [2.45, 2.75) is 0 Å². The first kappa shape index (κ1) is 11.7. The number of carbonyl (C=O) groups excluding carboxylic acids is 2. The number of nitrogens with one attached hydrogen (secondary N) is 1. The first-order chi connectivity index (χ1) is 8.11. The Morgan fingerprint density at radius 1 is 1.59 bits per heavy atom. The maximum atomic E-state index is 11.4. The lowest BCUT2D eigenvalue weighted by atomic mass is 10.2. The molecule has 0 spiro atoms. The number of anilines is 2. The third-order valence-electron chi connectivity index (χ3n) is 2.45. The number of rotatable bonds is 2. The molecule has 0 saturated carbocycles. The van der Waals surface area contributed by atoms with Gasteiger partial charge in [0.15, 0.2) is 6.61 Å². The lowest BCUT2D eigenvalue weighted by molar-refractivity contribution is -0.121. The van der Waals surface area contributed by atoms with Gasteiger partial charge in [-0.05, 0) is 12.1 Å². The van der Waals surface area contributed by atoms with E-state index in [0.717, 1.165) is 0 Å². The highest BCUT2D eigenvalue weighted by Gasteiger charge is 2.22. The van der Waals surface area contributed by atoms with Crippen LogP contribution in [0.2, 0.25) is 0 Å². The van der Waals surface area contributed by atoms with E-state index in [4.69, 9.17) is 16.3 Å². The van der Waals surface area contributed by atoms with Crippen LogP contribution in [0.15, 0.2) is 18.2 Å². The summed E-state index contributed by atoms with van der Waals surface area (Å²) in [6.45, 7) is 0.0103. The van der Waals surface area contributed by atoms with Crippen molar-refractivity contribution >= 4 is 34.8 Å². The average molecular weight is 255 g/mol. The molecule has 0 aromatic heterocycles. The summed E-state index contributed by atoms with van der Waals surface area (Å²) in [5.41, 5.74) is 1.28. The molecule has 0 unspecified atom stereocenters. The molecule has 0 aliphatic carbocycles. The summed E-state index contributed by atoms with van der Waals surface area (Å²) < 4.78 is 5.29. The predicted molar refractivity (Wildman–Crippen MR) is 64.7 cm³/mol. The molecule has 0 radical (unpaired) electrons. The molecule has 1 heterocycles. The second kappa shape index (κ2) is 4.63. The molecule has 1 aromatic carbocycles. The van der Waals surface area contributed by atoms with Gasteiger partial charge in [-0.3, -0.25) is 9.59 Å². The monoisotopic (exact) mass is 254 g/mol. The number of benzene rings is 1. The first-order valence-corrected chi connectivity index (χ1v) is 5.54. The van der Waals surface area contributed by atoms with Crippen molar-refractivity contribution in [2.24, 2.45) is 0 Å². The van der Waals surface area contributed by atoms with Crippen LogP contribution >= 0.6 is 11.6 Å². The minimum absolute atomic E-state index is 0.0103. The van der Waals surface area contributed by atoms with Crippen LogP contribution in [0.4, 0.5) is 11.4 Å². The zero-order valence-corrected chi connectivity index (χ0v) is 9.95. The number of hydrogen-bond donors (Lipinski definition) is 1. The van der Waals surface area contributed by atoms with Crippen LogP contribution < -0.4 is 15.0 Å². The molecule has 1 aromatic rings. The number of halogens is 1. The van der Waals surface area contributed by atoms with Crippen LogP contribution in [-0.4, -0.2) is 31.3 Å². The Hall–Kier alpha value is -1.75. The van der Waals surface area contributed by atoms with E-state index in [9.17, 15) is 9.59 Å². The maximum absolute atomic E-state index is 11.4. The molecule has 0 bridgehead atoms. The molecular weight excluding hydrogens is 244 g/mol. The van der Waals surface area contributed by atoms with Gasteiger partial charge in [0.1, 0.15) is 11.6 Å². The van der Waals surface area contributed by atoms with Gasteiger partial charge in [-0.1, -0.05) is 0 Å². The summed E-state index contributed by atoms with van der Waals surface area (Å²) >= 11 is 5.39. The minimum atomic E-state index is -0.285. The predicted octanol–water partition coefficient (Wildman–Crippen LogP) is 1.22. The van der Waals surface area contributed by atoms with E-state index >= 15 is 0 Å². The van der Waals surface area contributed by atoms with Gasteiger partial charge in [-0.2, -0.15) is 0 Å². The maximum Gasteiger partial charge on any atom is 0.264 e. The number of likely N-dealkylation sites (N-methyl/N-ethyl adjacent to an activating group) is 1. The summed E-state index contributed by atoms with van der Waals surface area (Å²) in [7, 11) is 1.68. The number of amides is 2. The number of hydrogen-bond acceptors (Lipinski definition) is 3. The Balaban J connectivity index is 2.26. The number of ether oxygens (including phenoxy) is 1. The molecule has 0 atom stereocenters. The number of carbonyl (C=O) groups is 2. The zero-order chi connectivity index (χ0) is 12.4. The highest BCUT2D eigenvalue weighted by molar-refractivity contribution is 6.29. The second-order valence-electron chi connectivity index (χ2n) is 3.61. The molecular formula is C11H11ClN2O3. The van der Waals surface area contributed by atoms with E-state index in [-0.39, 0.29) is 24.3 Å². The van der Waals surface area contributed by atoms with Gasteiger partial charge in [0.2, 0.25) is 5.91 Å². The quantitative estimate of drug-likeness (QED) is 0.808. The average Bonchev–Trinajstić information content (AvgIpc) is 2.34. The Labute approximate surface area is 103 Å². The fourth-order valence-corrected chi connectivity index (χ4v) is 1.62.